The van der Waals surface area contributed by atoms with Gasteiger partial charge in [-0.1, -0.05) is 20.8 Å². The van der Waals surface area contributed by atoms with Crippen molar-refractivity contribution in [3.63, 3.8) is 0 Å². The minimum atomic E-state index is -0.246. The van der Waals surface area contributed by atoms with Gasteiger partial charge in [0.15, 0.2) is 0 Å². The van der Waals surface area contributed by atoms with Gasteiger partial charge in [-0.15, -0.1) is 0 Å². The molecule has 0 fully saturated rings. The molecule has 0 saturated carbocycles. The number of rotatable bonds is 1. The van der Waals surface area contributed by atoms with E-state index in [1.807, 2.05) is 6.07 Å². The second-order valence-electron chi connectivity index (χ2n) is 5.57. The van der Waals surface area contributed by atoms with Crippen LogP contribution in [-0.4, -0.2) is 4.98 Å². The molecule has 18 heavy (non-hydrogen) atoms. The number of hydrogen-bond donors (Lipinski definition) is 2. The summed E-state index contributed by atoms with van der Waals surface area (Å²) in [6, 6.07) is 5.14. The van der Waals surface area contributed by atoms with Gasteiger partial charge in [0.1, 0.15) is 5.82 Å². The maximum absolute atomic E-state index is 13.6. The van der Waals surface area contributed by atoms with E-state index >= 15 is 0 Å². The first-order chi connectivity index (χ1) is 8.32. The molecule has 3 N–H and O–H groups in total. The van der Waals surface area contributed by atoms with Crippen molar-refractivity contribution in [2.45, 2.75) is 33.1 Å². The highest BCUT2D eigenvalue weighted by Gasteiger charge is 2.18. The highest BCUT2D eigenvalue weighted by atomic mass is 19.1. The quantitative estimate of drug-likeness (QED) is 0.600. The lowest BCUT2D eigenvalue weighted by Crippen LogP contribution is -2.16. The normalized spacial score (nSPS) is 11.9. The lowest BCUT2D eigenvalue weighted by atomic mass is 9.90. The van der Waals surface area contributed by atoms with Crippen LogP contribution in [0.5, 0.6) is 0 Å². The standard InChI is InChI=1S/C14H18FN3/c1-8-5-9-11(6-10(8)15)17-13(14(2,3)4)7-12(9)18-16/h5-7H,16H2,1-4H3,(H,17,18). The van der Waals surface area contributed by atoms with E-state index in [0.29, 0.717) is 11.1 Å². The first kappa shape index (κ1) is 12.8. The Hall–Kier alpha value is -1.68. The van der Waals surface area contributed by atoms with Gasteiger partial charge in [0.05, 0.1) is 11.2 Å². The number of aromatic nitrogens is 1. The fraction of sp³-hybridized carbons (Fsp3) is 0.357. The summed E-state index contributed by atoms with van der Waals surface area (Å²) in [4.78, 5) is 4.52. The van der Waals surface area contributed by atoms with Crippen molar-refractivity contribution in [3.8, 4) is 0 Å². The Kier molecular flexibility index (Phi) is 2.99. The van der Waals surface area contributed by atoms with Crippen LogP contribution in [0.1, 0.15) is 32.0 Å². The van der Waals surface area contributed by atoms with Crippen molar-refractivity contribution in [1.82, 2.24) is 4.98 Å². The average molecular weight is 247 g/mol. The molecule has 0 aliphatic heterocycles. The van der Waals surface area contributed by atoms with Crippen LogP contribution in [0, 0.1) is 12.7 Å². The number of hydrazine groups is 1. The van der Waals surface area contributed by atoms with E-state index < -0.39 is 0 Å². The molecule has 1 aromatic heterocycles. The van der Waals surface area contributed by atoms with Crippen LogP contribution in [0.2, 0.25) is 0 Å². The molecular formula is C14H18FN3. The molecule has 0 saturated heterocycles. The molecule has 0 atom stereocenters. The van der Waals surface area contributed by atoms with Crippen molar-refractivity contribution in [2.24, 2.45) is 5.84 Å². The molecule has 0 aliphatic carbocycles. The van der Waals surface area contributed by atoms with E-state index in [1.54, 1.807) is 13.0 Å². The minimum Gasteiger partial charge on any atom is -0.323 e. The van der Waals surface area contributed by atoms with Crippen molar-refractivity contribution in [1.29, 1.82) is 0 Å². The van der Waals surface area contributed by atoms with E-state index in [1.165, 1.54) is 6.07 Å². The summed E-state index contributed by atoms with van der Waals surface area (Å²) in [7, 11) is 0. The Balaban J connectivity index is 2.80. The third-order valence-electron chi connectivity index (χ3n) is 3.01. The topological polar surface area (TPSA) is 50.9 Å². The second-order valence-corrected chi connectivity index (χ2v) is 5.57. The first-order valence-electron chi connectivity index (χ1n) is 5.91. The summed E-state index contributed by atoms with van der Waals surface area (Å²) in [6.07, 6.45) is 0. The monoisotopic (exact) mass is 247 g/mol. The number of fused-ring (bicyclic) bond motifs is 1. The number of anilines is 1. The molecule has 3 nitrogen and oxygen atoms in total. The Morgan fingerprint density at radius 2 is 1.89 bits per heavy atom. The molecule has 1 heterocycles. The zero-order chi connectivity index (χ0) is 13.5. The molecule has 2 aromatic rings. The van der Waals surface area contributed by atoms with Crippen molar-refractivity contribution < 1.29 is 4.39 Å². The van der Waals surface area contributed by atoms with Crippen LogP contribution < -0.4 is 11.3 Å². The van der Waals surface area contributed by atoms with Gasteiger partial charge in [-0.2, -0.15) is 0 Å². The predicted octanol–water partition coefficient (Wildman–Crippen LogP) is 3.27. The lowest BCUT2D eigenvalue weighted by molar-refractivity contribution is 0.571. The zero-order valence-corrected chi connectivity index (χ0v) is 11.1. The lowest BCUT2D eigenvalue weighted by Gasteiger charge is -2.20. The average Bonchev–Trinajstić information content (AvgIpc) is 2.28. The van der Waals surface area contributed by atoms with Crippen LogP contribution in [0.15, 0.2) is 18.2 Å². The zero-order valence-electron chi connectivity index (χ0n) is 11.1. The van der Waals surface area contributed by atoms with Crippen LogP contribution >= 0.6 is 0 Å². The first-order valence-corrected chi connectivity index (χ1v) is 5.91. The second kappa shape index (κ2) is 4.21. The van der Waals surface area contributed by atoms with Gasteiger partial charge in [-0.05, 0) is 24.6 Å². The largest absolute Gasteiger partial charge is 0.323 e. The van der Waals surface area contributed by atoms with Gasteiger partial charge >= 0.3 is 0 Å². The number of aryl methyl sites for hydroxylation is 1. The minimum absolute atomic E-state index is 0.110. The molecule has 0 radical (unpaired) electrons. The summed E-state index contributed by atoms with van der Waals surface area (Å²) >= 11 is 0. The molecule has 1 aromatic carbocycles. The predicted molar refractivity (Wildman–Crippen MR) is 72.9 cm³/mol. The van der Waals surface area contributed by atoms with Crippen LogP contribution in [0.3, 0.4) is 0 Å². The molecule has 0 bridgehead atoms. The van der Waals surface area contributed by atoms with E-state index in [9.17, 15) is 4.39 Å². The van der Waals surface area contributed by atoms with Gasteiger partial charge < -0.3 is 5.43 Å². The summed E-state index contributed by atoms with van der Waals surface area (Å²) in [5.74, 6) is 5.30. The Morgan fingerprint density at radius 1 is 1.22 bits per heavy atom. The fourth-order valence-corrected chi connectivity index (χ4v) is 1.86. The van der Waals surface area contributed by atoms with Crippen molar-refractivity contribution >= 4 is 16.6 Å². The number of hydrogen-bond acceptors (Lipinski definition) is 3. The Bertz CT molecular complexity index is 600. The summed E-state index contributed by atoms with van der Waals surface area (Å²) < 4.78 is 13.6. The molecular weight excluding hydrogens is 229 g/mol. The molecule has 0 aliphatic rings. The molecule has 2 rings (SSSR count). The Morgan fingerprint density at radius 3 is 2.44 bits per heavy atom. The number of nitrogen functional groups attached to an aromatic ring is 1. The van der Waals surface area contributed by atoms with Crippen LogP contribution in [-0.2, 0) is 5.41 Å². The maximum Gasteiger partial charge on any atom is 0.128 e. The molecule has 0 amide bonds. The maximum atomic E-state index is 13.6. The van der Waals surface area contributed by atoms with Gasteiger partial charge in [0, 0.05) is 22.6 Å². The summed E-state index contributed by atoms with van der Waals surface area (Å²) in [6.45, 7) is 7.91. The number of halogens is 1. The van der Waals surface area contributed by atoms with Gasteiger partial charge in [0.2, 0.25) is 0 Å². The van der Waals surface area contributed by atoms with E-state index in [0.717, 1.165) is 16.8 Å². The molecule has 96 valence electrons. The highest BCUT2D eigenvalue weighted by Crippen LogP contribution is 2.30. The third-order valence-corrected chi connectivity index (χ3v) is 3.01. The molecule has 0 unspecified atom stereocenters. The van der Waals surface area contributed by atoms with E-state index in [-0.39, 0.29) is 11.2 Å². The van der Waals surface area contributed by atoms with Crippen LogP contribution in [0.25, 0.3) is 10.9 Å². The smallest absolute Gasteiger partial charge is 0.128 e. The summed E-state index contributed by atoms with van der Waals surface area (Å²) in [5, 5.41) is 0.837. The number of nitrogens with two attached hydrogens (primary N) is 1. The number of nitrogens with one attached hydrogen (secondary N) is 1. The SMILES string of the molecule is Cc1cc2c(NN)cc(C(C)(C)C)nc2cc1F. The van der Waals surface area contributed by atoms with Gasteiger partial charge in [-0.3, -0.25) is 10.8 Å². The summed E-state index contributed by atoms with van der Waals surface area (Å²) in [5.41, 5.74) is 5.42. The van der Waals surface area contributed by atoms with Gasteiger partial charge in [0.25, 0.3) is 0 Å². The molecule has 4 heteroatoms. The van der Waals surface area contributed by atoms with E-state index in [2.05, 4.69) is 31.2 Å². The number of nitrogens with zero attached hydrogens (tertiary/aromatic N) is 1. The van der Waals surface area contributed by atoms with E-state index in [4.69, 9.17) is 5.84 Å². The van der Waals surface area contributed by atoms with Crippen molar-refractivity contribution in [2.75, 3.05) is 5.43 Å². The van der Waals surface area contributed by atoms with Crippen LogP contribution in [0.4, 0.5) is 10.1 Å². The Labute approximate surface area is 106 Å². The van der Waals surface area contributed by atoms with Crippen molar-refractivity contribution in [3.05, 3.63) is 35.3 Å². The fourth-order valence-electron chi connectivity index (χ4n) is 1.86. The highest BCUT2D eigenvalue weighted by molar-refractivity contribution is 5.92. The third kappa shape index (κ3) is 2.16. The number of benzene rings is 1. The number of pyridine rings is 1. The van der Waals surface area contributed by atoms with Gasteiger partial charge in [-0.25, -0.2) is 4.39 Å². The molecule has 0 spiro atoms.